The number of methoxy groups -OCH3 is 2. The molecule has 1 atom stereocenters. The zero-order valence-electron chi connectivity index (χ0n) is 11.6. The van der Waals surface area contributed by atoms with Crippen LogP contribution in [0.2, 0.25) is 0 Å². The fourth-order valence-electron chi connectivity index (χ4n) is 2.44. The standard InChI is InChI=1S/C15H23NO2/c1-4-5-11-9-15(18-3)12(10-14(11)17-2)8-13-6-7-16-13/h9-10,13,16H,4-8H2,1-3H3. The Balaban J connectivity index is 2.25. The summed E-state index contributed by atoms with van der Waals surface area (Å²) in [4.78, 5) is 0. The SMILES string of the molecule is CCCc1cc(OC)c(CC2CCN2)cc1OC. The molecule has 1 N–H and O–H groups in total. The summed E-state index contributed by atoms with van der Waals surface area (Å²) < 4.78 is 11.0. The Labute approximate surface area is 109 Å². The van der Waals surface area contributed by atoms with Gasteiger partial charge < -0.3 is 14.8 Å². The Morgan fingerprint density at radius 3 is 2.28 bits per heavy atom. The molecule has 0 amide bonds. The van der Waals surface area contributed by atoms with Gasteiger partial charge in [0.2, 0.25) is 0 Å². The van der Waals surface area contributed by atoms with E-state index >= 15 is 0 Å². The van der Waals surface area contributed by atoms with E-state index in [4.69, 9.17) is 9.47 Å². The minimum Gasteiger partial charge on any atom is -0.496 e. The first-order valence-corrected chi connectivity index (χ1v) is 6.75. The summed E-state index contributed by atoms with van der Waals surface area (Å²) in [5.41, 5.74) is 2.48. The summed E-state index contributed by atoms with van der Waals surface area (Å²) in [6.45, 7) is 3.32. The molecule has 1 aliphatic rings. The van der Waals surface area contributed by atoms with E-state index in [1.165, 1.54) is 17.5 Å². The van der Waals surface area contributed by atoms with Gasteiger partial charge in [-0.15, -0.1) is 0 Å². The lowest BCUT2D eigenvalue weighted by Crippen LogP contribution is -2.44. The minimum absolute atomic E-state index is 0.598. The maximum absolute atomic E-state index is 5.52. The highest BCUT2D eigenvalue weighted by molar-refractivity contribution is 5.47. The molecular weight excluding hydrogens is 226 g/mol. The van der Waals surface area contributed by atoms with E-state index in [1.54, 1.807) is 14.2 Å². The van der Waals surface area contributed by atoms with Crippen molar-refractivity contribution in [2.75, 3.05) is 20.8 Å². The molecule has 0 aromatic heterocycles. The monoisotopic (exact) mass is 249 g/mol. The van der Waals surface area contributed by atoms with Gasteiger partial charge in [0.25, 0.3) is 0 Å². The predicted molar refractivity (Wildman–Crippen MR) is 73.7 cm³/mol. The van der Waals surface area contributed by atoms with Crippen molar-refractivity contribution in [3.8, 4) is 11.5 Å². The zero-order valence-corrected chi connectivity index (χ0v) is 11.6. The average molecular weight is 249 g/mol. The van der Waals surface area contributed by atoms with Crippen molar-refractivity contribution in [1.29, 1.82) is 0 Å². The molecule has 18 heavy (non-hydrogen) atoms. The van der Waals surface area contributed by atoms with Crippen LogP contribution in [-0.4, -0.2) is 26.8 Å². The van der Waals surface area contributed by atoms with Gasteiger partial charge in [0.15, 0.2) is 0 Å². The largest absolute Gasteiger partial charge is 0.496 e. The molecule has 100 valence electrons. The third-order valence-corrected chi connectivity index (χ3v) is 3.59. The maximum atomic E-state index is 5.52. The van der Waals surface area contributed by atoms with Gasteiger partial charge in [-0.2, -0.15) is 0 Å². The molecular formula is C15H23NO2. The van der Waals surface area contributed by atoms with Crippen molar-refractivity contribution in [3.05, 3.63) is 23.3 Å². The summed E-state index contributed by atoms with van der Waals surface area (Å²) in [6, 6.07) is 4.88. The van der Waals surface area contributed by atoms with Crippen LogP contribution < -0.4 is 14.8 Å². The van der Waals surface area contributed by atoms with E-state index in [0.717, 1.165) is 37.3 Å². The van der Waals surface area contributed by atoms with E-state index in [-0.39, 0.29) is 0 Å². The summed E-state index contributed by atoms with van der Waals surface area (Å²) >= 11 is 0. The summed E-state index contributed by atoms with van der Waals surface area (Å²) in [5, 5.41) is 3.43. The number of hydrogen-bond donors (Lipinski definition) is 1. The molecule has 1 aromatic rings. The highest BCUT2D eigenvalue weighted by Crippen LogP contribution is 2.31. The minimum atomic E-state index is 0.598. The van der Waals surface area contributed by atoms with E-state index in [1.807, 2.05) is 0 Å². The Bertz CT molecular complexity index is 400. The van der Waals surface area contributed by atoms with Gasteiger partial charge in [-0.1, -0.05) is 13.3 Å². The van der Waals surface area contributed by atoms with Crippen LogP contribution in [0.15, 0.2) is 12.1 Å². The van der Waals surface area contributed by atoms with E-state index in [0.29, 0.717) is 6.04 Å². The first kappa shape index (κ1) is 13.2. The highest BCUT2D eigenvalue weighted by Gasteiger charge is 2.20. The third kappa shape index (κ3) is 2.78. The quantitative estimate of drug-likeness (QED) is 0.840. The molecule has 0 spiro atoms. The second kappa shape index (κ2) is 6.10. The van der Waals surface area contributed by atoms with Gasteiger partial charge >= 0.3 is 0 Å². The zero-order chi connectivity index (χ0) is 13.0. The van der Waals surface area contributed by atoms with Crippen molar-refractivity contribution in [3.63, 3.8) is 0 Å². The Morgan fingerprint density at radius 2 is 1.78 bits per heavy atom. The Kier molecular flexibility index (Phi) is 4.48. The van der Waals surface area contributed by atoms with Crippen molar-refractivity contribution in [2.45, 2.75) is 38.6 Å². The molecule has 1 heterocycles. The smallest absolute Gasteiger partial charge is 0.122 e. The lowest BCUT2D eigenvalue weighted by Gasteiger charge is -2.28. The molecule has 3 heteroatoms. The van der Waals surface area contributed by atoms with Crippen LogP contribution in [0.3, 0.4) is 0 Å². The Hall–Kier alpha value is -1.22. The molecule has 1 aliphatic heterocycles. The molecule has 0 bridgehead atoms. The first-order chi connectivity index (χ1) is 8.78. The van der Waals surface area contributed by atoms with Gasteiger partial charge in [0.05, 0.1) is 14.2 Å². The second-order valence-electron chi connectivity index (χ2n) is 4.87. The number of benzene rings is 1. The summed E-state index contributed by atoms with van der Waals surface area (Å²) in [5.74, 6) is 1.99. The van der Waals surface area contributed by atoms with E-state index in [2.05, 4.69) is 24.4 Å². The number of aryl methyl sites for hydroxylation is 1. The predicted octanol–water partition coefficient (Wildman–Crippen LogP) is 2.56. The molecule has 2 rings (SSSR count). The highest BCUT2D eigenvalue weighted by atomic mass is 16.5. The van der Waals surface area contributed by atoms with Crippen LogP contribution in [0.1, 0.15) is 30.9 Å². The van der Waals surface area contributed by atoms with Crippen LogP contribution in [0.4, 0.5) is 0 Å². The topological polar surface area (TPSA) is 30.5 Å². The average Bonchev–Trinajstić information content (AvgIpc) is 2.34. The fraction of sp³-hybridized carbons (Fsp3) is 0.600. The lowest BCUT2D eigenvalue weighted by molar-refractivity contribution is 0.355. The van der Waals surface area contributed by atoms with Crippen LogP contribution in [0, 0.1) is 0 Å². The van der Waals surface area contributed by atoms with Gasteiger partial charge in [-0.05, 0) is 49.1 Å². The third-order valence-electron chi connectivity index (χ3n) is 3.59. The number of rotatable bonds is 6. The summed E-state index contributed by atoms with van der Waals surface area (Å²) in [6.07, 6.45) is 4.42. The van der Waals surface area contributed by atoms with Crippen molar-refractivity contribution < 1.29 is 9.47 Å². The van der Waals surface area contributed by atoms with Gasteiger partial charge in [-0.3, -0.25) is 0 Å². The summed E-state index contributed by atoms with van der Waals surface area (Å²) in [7, 11) is 3.49. The molecule has 3 nitrogen and oxygen atoms in total. The molecule has 0 radical (unpaired) electrons. The van der Waals surface area contributed by atoms with Crippen molar-refractivity contribution in [2.24, 2.45) is 0 Å². The molecule has 0 saturated carbocycles. The maximum Gasteiger partial charge on any atom is 0.122 e. The molecule has 1 aromatic carbocycles. The molecule has 1 fully saturated rings. The van der Waals surface area contributed by atoms with Crippen LogP contribution in [0.25, 0.3) is 0 Å². The fourth-order valence-corrected chi connectivity index (χ4v) is 2.44. The van der Waals surface area contributed by atoms with Crippen molar-refractivity contribution >= 4 is 0 Å². The number of nitrogens with one attached hydrogen (secondary N) is 1. The molecule has 0 aliphatic carbocycles. The number of ether oxygens (including phenoxy) is 2. The van der Waals surface area contributed by atoms with Crippen molar-refractivity contribution in [1.82, 2.24) is 5.32 Å². The molecule has 1 saturated heterocycles. The normalized spacial score (nSPS) is 18.3. The van der Waals surface area contributed by atoms with Gasteiger partial charge in [0.1, 0.15) is 11.5 Å². The van der Waals surface area contributed by atoms with Gasteiger partial charge in [0, 0.05) is 6.04 Å². The Morgan fingerprint density at radius 1 is 1.17 bits per heavy atom. The van der Waals surface area contributed by atoms with Crippen LogP contribution >= 0.6 is 0 Å². The van der Waals surface area contributed by atoms with E-state index < -0.39 is 0 Å². The van der Waals surface area contributed by atoms with Gasteiger partial charge in [-0.25, -0.2) is 0 Å². The lowest BCUT2D eigenvalue weighted by atomic mass is 9.95. The van der Waals surface area contributed by atoms with E-state index in [9.17, 15) is 0 Å². The molecule has 1 unspecified atom stereocenters. The van der Waals surface area contributed by atoms with Crippen LogP contribution in [0.5, 0.6) is 11.5 Å². The first-order valence-electron chi connectivity index (χ1n) is 6.75. The number of hydrogen-bond acceptors (Lipinski definition) is 3. The van der Waals surface area contributed by atoms with Crippen LogP contribution in [-0.2, 0) is 12.8 Å². The second-order valence-corrected chi connectivity index (χ2v) is 4.87.